The van der Waals surface area contributed by atoms with Gasteiger partial charge in [-0.1, -0.05) is 6.92 Å². The van der Waals surface area contributed by atoms with Crippen molar-refractivity contribution >= 4 is 11.6 Å². The molecule has 0 bridgehead atoms. The Balaban J connectivity index is 1.51. The molecule has 1 atom stereocenters. The number of hydrogen-bond donors (Lipinski definition) is 0. The van der Waals surface area contributed by atoms with Gasteiger partial charge in [-0.25, -0.2) is 9.50 Å². The maximum Gasteiger partial charge on any atom is 0.433 e. The molecule has 4 rings (SSSR count). The summed E-state index contributed by atoms with van der Waals surface area (Å²) >= 11 is 0. The standard InChI is InChI=1S/C19H21F3N6O/c1-2-14-10-16(19(20,21)22)28-17(24-14)11-15(25-28)13-4-8-26(12-13)18(29)5-9-27-7-3-6-23-27/h3,6-7,10-11,13H,2,4-5,8-9,12H2,1H3/t13-/m1/s1. The molecular formula is C19H21F3N6O. The lowest BCUT2D eigenvalue weighted by atomic mass is 10.1. The molecule has 7 nitrogen and oxygen atoms in total. The molecule has 0 saturated carbocycles. The Bertz CT molecular complexity index is 1010. The zero-order valence-corrected chi connectivity index (χ0v) is 15.9. The van der Waals surface area contributed by atoms with Crippen molar-refractivity contribution < 1.29 is 18.0 Å². The fourth-order valence-electron chi connectivity index (χ4n) is 3.66. The second-order valence-electron chi connectivity index (χ2n) is 7.17. The van der Waals surface area contributed by atoms with E-state index in [9.17, 15) is 18.0 Å². The van der Waals surface area contributed by atoms with Crippen molar-refractivity contribution in [1.82, 2.24) is 29.3 Å². The van der Waals surface area contributed by atoms with Gasteiger partial charge < -0.3 is 4.90 Å². The number of aryl methyl sites for hydroxylation is 2. The minimum atomic E-state index is -4.52. The van der Waals surface area contributed by atoms with E-state index in [2.05, 4.69) is 15.2 Å². The Morgan fingerprint density at radius 2 is 2.14 bits per heavy atom. The molecule has 0 unspecified atom stereocenters. The van der Waals surface area contributed by atoms with Gasteiger partial charge in [0.25, 0.3) is 0 Å². The van der Waals surface area contributed by atoms with Gasteiger partial charge in [-0.05, 0) is 25.0 Å². The predicted molar refractivity (Wildman–Crippen MR) is 98.1 cm³/mol. The van der Waals surface area contributed by atoms with Crippen LogP contribution >= 0.6 is 0 Å². The van der Waals surface area contributed by atoms with Gasteiger partial charge in [-0.3, -0.25) is 9.48 Å². The second-order valence-corrected chi connectivity index (χ2v) is 7.17. The molecule has 154 valence electrons. The first-order valence-electron chi connectivity index (χ1n) is 9.57. The van der Waals surface area contributed by atoms with Crippen LogP contribution in [0.3, 0.4) is 0 Å². The highest BCUT2D eigenvalue weighted by atomic mass is 19.4. The number of rotatable bonds is 5. The molecule has 1 amide bonds. The first kappa shape index (κ1) is 19.4. The number of aromatic nitrogens is 5. The maximum absolute atomic E-state index is 13.4. The number of nitrogens with zero attached hydrogens (tertiary/aromatic N) is 6. The molecule has 0 spiro atoms. The van der Waals surface area contributed by atoms with Gasteiger partial charge in [0.1, 0.15) is 5.69 Å². The Kier molecular flexibility index (Phi) is 5.01. The Hall–Kier alpha value is -2.91. The van der Waals surface area contributed by atoms with Crippen molar-refractivity contribution in [3.8, 4) is 0 Å². The number of hydrogen-bond acceptors (Lipinski definition) is 4. The lowest BCUT2D eigenvalue weighted by molar-refractivity contribution is -0.142. The number of likely N-dealkylation sites (tertiary alicyclic amines) is 1. The molecule has 1 fully saturated rings. The molecule has 1 aliphatic rings. The van der Waals surface area contributed by atoms with E-state index >= 15 is 0 Å². The SMILES string of the molecule is CCc1cc(C(F)(F)F)n2nc([C@@H]3CCN(C(=O)CCn4cccn4)C3)cc2n1. The van der Waals surface area contributed by atoms with Crippen molar-refractivity contribution in [2.45, 2.75) is 44.8 Å². The molecule has 0 aromatic carbocycles. The van der Waals surface area contributed by atoms with Crippen LogP contribution in [0.2, 0.25) is 0 Å². The number of halogens is 3. The van der Waals surface area contributed by atoms with Gasteiger partial charge in [-0.2, -0.15) is 23.4 Å². The van der Waals surface area contributed by atoms with Gasteiger partial charge in [0.05, 0.1) is 5.69 Å². The first-order chi connectivity index (χ1) is 13.8. The molecule has 3 aromatic rings. The van der Waals surface area contributed by atoms with Crippen LogP contribution in [0, 0.1) is 0 Å². The molecule has 3 aromatic heterocycles. The van der Waals surface area contributed by atoms with Gasteiger partial charge in [0, 0.05) is 56.1 Å². The quantitative estimate of drug-likeness (QED) is 0.654. The Morgan fingerprint density at radius 1 is 1.31 bits per heavy atom. The van der Waals surface area contributed by atoms with E-state index in [1.807, 2.05) is 0 Å². The largest absolute Gasteiger partial charge is 0.433 e. The fourth-order valence-corrected chi connectivity index (χ4v) is 3.66. The van der Waals surface area contributed by atoms with Crippen molar-refractivity contribution in [1.29, 1.82) is 0 Å². The fraction of sp³-hybridized carbons (Fsp3) is 0.474. The Labute approximate surface area is 165 Å². The minimum absolute atomic E-state index is 0.00846. The van der Waals surface area contributed by atoms with Crippen LogP contribution < -0.4 is 0 Å². The average Bonchev–Trinajstić information content (AvgIpc) is 3.44. The zero-order valence-electron chi connectivity index (χ0n) is 15.9. The van der Waals surface area contributed by atoms with E-state index in [1.54, 1.807) is 41.0 Å². The van der Waals surface area contributed by atoms with Gasteiger partial charge in [-0.15, -0.1) is 0 Å². The van der Waals surface area contributed by atoms with E-state index in [0.717, 1.165) is 10.6 Å². The highest BCUT2D eigenvalue weighted by molar-refractivity contribution is 5.76. The third kappa shape index (κ3) is 3.96. The summed E-state index contributed by atoms with van der Waals surface area (Å²) in [5.41, 5.74) is 0.280. The van der Waals surface area contributed by atoms with Gasteiger partial charge in [0.2, 0.25) is 5.91 Å². The van der Waals surface area contributed by atoms with Crippen LogP contribution in [0.15, 0.2) is 30.6 Å². The highest BCUT2D eigenvalue weighted by Crippen LogP contribution is 2.32. The summed E-state index contributed by atoms with van der Waals surface area (Å²) in [7, 11) is 0. The number of alkyl halides is 3. The summed E-state index contributed by atoms with van der Waals surface area (Å²) < 4.78 is 42.9. The molecule has 0 radical (unpaired) electrons. The van der Waals surface area contributed by atoms with E-state index in [1.165, 1.54) is 0 Å². The van der Waals surface area contributed by atoms with Gasteiger partial charge in [0.15, 0.2) is 5.65 Å². The number of fused-ring (bicyclic) bond motifs is 1. The molecule has 1 saturated heterocycles. The van der Waals surface area contributed by atoms with Crippen molar-refractivity contribution in [3.05, 3.63) is 47.7 Å². The third-order valence-electron chi connectivity index (χ3n) is 5.23. The summed E-state index contributed by atoms with van der Waals surface area (Å²) in [6.07, 6.45) is 0.346. The second kappa shape index (κ2) is 7.49. The molecule has 0 aliphatic carbocycles. The number of carbonyl (C=O) groups excluding carboxylic acids is 1. The van der Waals surface area contributed by atoms with Crippen LogP contribution in [0.5, 0.6) is 0 Å². The molecule has 0 N–H and O–H groups in total. The van der Waals surface area contributed by atoms with E-state index < -0.39 is 11.9 Å². The highest BCUT2D eigenvalue weighted by Gasteiger charge is 2.36. The van der Waals surface area contributed by atoms with E-state index in [-0.39, 0.29) is 17.5 Å². The minimum Gasteiger partial charge on any atom is -0.342 e. The van der Waals surface area contributed by atoms with Crippen LogP contribution in [0.25, 0.3) is 5.65 Å². The monoisotopic (exact) mass is 406 g/mol. The summed E-state index contributed by atoms with van der Waals surface area (Å²) in [6.45, 7) is 3.28. The number of amides is 1. The first-order valence-corrected chi connectivity index (χ1v) is 9.57. The molecule has 4 heterocycles. The summed E-state index contributed by atoms with van der Waals surface area (Å²) in [4.78, 5) is 18.5. The summed E-state index contributed by atoms with van der Waals surface area (Å²) in [5, 5.41) is 8.28. The molecular weight excluding hydrogens is 385 g/mol. The Morgan fingerprint density at radius 3 is 2.83 bits per heavy atom. The summed E-state index contributed by atoms with van der Waals surface area (Å²) in [5.74, 6) is -0.0920. The summed E-state index contributed by atoms with van der Waals surface area (Å²) in [6, 6.07) is 4.45. The lowest BCUT2D eigenvalue weighted by Gasteiger charge is -2.16. The van der Waals surface area contributed by atoms with E-state index in [4.69, 9.17) is 0 Å². The van der Waals surface area contributed by atoms with Crippen LogP contribution in [0.1, 0.15) is 42.8 Å². The van der Waals surface area contributed by atoms with Crippen LogP contribution in [0.4, 0.5) is 13.2 Å². The lowest BCUT2D eigenvalue weighted by Crippen LogP contribution is -2.29. The van der Waals surface area contributed by atoms with E-state index in [0.29, 0.717) is 50.3 Å². The van der Waals surface area contributed by atoms with Gasteiger partial charge >= 0.3 is 6.18 Å². The normalized spacial score (nSPS) is 17.4. The van der Waals surface area contributed by atoms with Crippen molar-refractivity contribution in [3.63, 3.8) is 0 Å². The maximum atomic E-state index is 13.4. The predicted octanol–water partition coefficient (Wildman–Crippen LogP) is 2.91. The number of carbonyl (C=O) groups is 1. The molecule has 10 heteroatoms. The smallest absolute Gasteiger partial charge is 0.342 e. The third-order valence-corrected chi connectivity index (χ3v) is 5.23. The molecule has 29 heavy (non-hydrogen) atoms. The van der Waals surface area contributed by atoms with Crippen molar-refractivity contribution in [2.75, 3.05) is 13.1 Å². The van der Waals surface area contributed by atoms with Crippen molar-refractivity contribution in [2.24, 2.45) is 0 Å². The average molecular weight is 406 g/mol. The molecule has 1 aliphatic heterocycles. The van der Waals surface area contributed by atoms with Crippen LogP contribution in [-0.2, 0) is 23.9 Å². The van der Waals surface area contributed by atoms with Crippen LogP contribution in [-0.4, -0.2) is 48.3 Å². The zero-order chi connectivity index (χ0) is 20.6. The topological polar surface area (TPSA) is 68.3 Å².